The number of alkyl halides is 3. The van der Waals surface area contributed by atoms with Crippen LogP contribution in [0.15, 0.2) is 6.07 Å². The van der Waals surface area contributed by atoms with Gasteiger partial charge in [-0.1, -0.05) is 0 Å². The second-order valence-electron chi connectivity index (χ2n) is 6.57. The Bertz CT molecular complexity index is 606. The topological polar surface area (TPSA) is 73.4 Å². The lowest BCUT2D eigenvalue weighted by Gasteiger charge is -2.43. The van der Waals surface area contributed by atoms with Crippen molar-refractivity contribution in [3.8, 4) is 0 Å². The maximum atomic E-state index is 12.2. The second-order valence-corrected chi connectivity index (χ2v) is 6.57. The number of nitrogens with zero attached hydrogens (tertiary/aromatic N) is 3. The van der Waals surface area contributed by atoms with Gasteiger partial charge in [0, 0.05) is 19.5 Å². The summed E-state index contributed by atoms with van der Waals surface area (Å²) in [6.45, 7) is 2.78. The minimum Gasteiger partial charge on any atom is -0.367 e. The summed E-state index contributed by atoms with van der Waals surface area (Å²) in [5.74, 6) is -0.564. The Kier molecular flexibility index (Phi) is 4.56. The van der Waals surface area contributed by atoms with E-state index in [9.17, 15) is 18.0 Å². The normalized spacial score (nSPS) is 21.0. The lowest BCUT2D eigenvalue weighted by atomic mass is 9.90. The molecule has 9 heteroatoms. The number of hydrogen-bond donors (Lipinski definition) is 1. The molecule has 0 saturated carbocycles. The van der Waals surface area contributed by atoms with E-state index in [1.807, 2.05) is 4.90 Å². The summed E-state index contributed by atoms with van der Waals surface area (Å²) in [6, 6.07) is 1.64. The third kappa shape index (κ3) is 3.89. The van der Waals surface area contributed by atoms with Crippen molar-refractivity contribution in [1.29, 1.82) is 0 Å². The number of primary amides is 1. The van der Waals surface area contributed by atoms with Crippen LogP contribution in [-0.2, 0) is 17.9 Å². The van der Waals surface area contributed by atoms with Gasteiger partial charge >= 0.3 is 6.18 Å². The van der Waals surface area contributed by atoms with Gasteiger partial charge in [0.1, 0.15) is 5.69 Å². The minimum atomic E-state index is -4.09. The molecule has 0 unspecified atom stereocenters. The van der Waals surface area contributed by atoms with Crippen LogP contribution in [0.3, 0.4) is 0 Å². The Hall–Kier alpha value is -1.61. The van der Waals surface area contributed by atoms with Crippen LogP contribution in [0, 0.1) is 0 Å². The number of halogens is 3. The maximum absolute atomic E-state index is 12.2. The highest BCUT2D eigenvalue weighted by molar-refractivity contribution is 5.90. The zero-order chi connectivity index (χ0) is 17.4. The zero-order valence-corrected chi connectivity index (χ0v) is 13.3. The van der Waals surface area contributed by atoms with Gasteiger partial charge in [0.2, 0.25) is 0 Å². The van der Waals surface area contributed by atoms with E-state index in [-0.39, 0.29) is 17.7 Å². The van der Waals surface area contributed by atoms with E-state index in [1.165, 1.54) is 0 Å². The molecule has 1 amide bonds. The molecular formula is C15H21F3N4O2. The van der Waals surface area contributed by atoms with Crippen molar-refractivity contribution in [3.05, 3.63) is 17.5 Å². The highest BCUT2D eigenvalue weighted by Gasteiger charge is 2.40. The fourth-order valence-corrected chi connectivity index (χ4v) is 3.36. The van der Waals surface area contributed by atoms with E-state index >= 15 is 0 Å². The Balaban J connectivity index is 1.53. The molecule has 0 aromatic carbocycles. The van der Waals surface area contributed by atoms with Crippen LogP contribution in [0.1, 0.15) is 41.9 Å². The Morgan fingerprint density at radius 1 is 1.38 bits per heavy atom. The standard InChI is InChI=1S/C15H21F3N4O2/c16-15(17,18)2-1-5-21-6-3-14(4-7-21)10-22-11(9-24-14)8-12(20-22)13(19)23/h8H,1-7,9-10H2,(H2,19,23). The summed E-state index contributed by atoms with van der Waals surface area (Å²) >= 11 is 0. The van der Waals surface area contributed by atoms with Crippen molar-refractivity contribution in [1.82, 2.24) is 14.7 Å². The SMILES string of the molecule is NC(=O)c1cc2n(n1)CC1(CCN(CCCC(F)(F)F)CC1)OC2. The van der Waals surface area contributed by atoms with Gasteiger partial charge in [-0.25, -0.2) is 0 Å². The van der Waals surface area contributed by atoms with Crippen LogP contribution in [0.5, 0.6) is 0 Å². The third-order valence-electron chi connectivity index (χ3n) is 4.78. The molecule has 0 atom stereocenters. The predicted molar refractivity (Wildman–Crippen MR) is 79.2 cm³/mol. The molecule has 1 fully saturated rings. The first kappa shape index (κ1) is 17.2. The third-order valence-corrected chi connectivity index (χ3v) is 4.78. The molecule has 2 aliphatic heterocycles. The molecule has 2 N–H and O–H groups in total. The molecule has 6 nitrogen and oxygen atoms in total. The number of rotatable bonds is 4. The highest BCUT2D eigenvalue weighted by atomic mass is 19.4. The van der Waals surface area contributed by atoms with Crippen molar-refractivity contribution in [2.45, 2.75) is 50.6 Å². The molecule has 1 aromatic heterocycles. The molecule has 3 heterocycles. The first-order valence-corrected chi connectivity index (χ1v) is 8.06. The fraction of sp³-hybridized carbons (Fsp3) is 0.733. The average molecular weight is 346 g/mol. The van der Waals surface area contributed by atoms with E-state index in [2.05, 4.69) is 5.10 Å². The number of carbonyl (C=O) groups excluding carboxylic acids is 1. The molecule has 1 spiro atoms. The Morgan fingerprint density at radius 2 is 2.08 bits per heavy atom. The van der Waals surface area contributed by atoms with Crippen molar-refractivity contribution in [2.75, 3.05) is 19.6 Å². The first-order valence-electron chi connectivity index (χ1n) is 8.06. The van der Waals surface area contributed by atoms with Crippen molar-refractivity contribution in [2.24, 2.45) is 5.73 Å². The zero-order valence-electron chi connectivity index (χ0n) is 13.3. The van der Waals surface area contributed by atoms with Gasteiger partial charge in [-0.15, -0.1) is 0 Å². The summed E-state index contributed by atoms with van der Waals surface area (Å²) in [5, 5.41) is 4.22. The molecule has 0 bridgehead atoms. The Morgan fingerprint density at radius 3 is 2.71 bits per heavy atom. The van der Waals surface area contributed by atoms with E-state index < -0.39 is 18.5 Å². The molecule has 0 aliphatic carbocycles. The summed E-state index contributed by atoms with van der Waals surface area (Å²) in [5.41, 5.74) is 5.95. The lowest BCUT2D eigenvalue weighted by molar-refractivity contribution is -0.139. The minimum absolute atomic E-state index is 0.128. The molecule has 24 heavy (non-hydrogen) atoms. The molecule has 2 aliphatic rings. The van der Waals surface area contributed by atoms with E-state index in [0.717, 1.165) is 18.5 Å². The number of nitrogens with two attached hydrogens (primary N) is 1. The van der Waals surface area contributed by atoms with Crippen LogP contribution in [-0.4, -0.2) is 52.0 Å². The number of aromatic nitrogens is 2. The van der Waals surface area contributed by atoms with Crippen LogP contribution < -0.4 is 5.73 Å². The van der Waals surface area contributed by atoms with Crippen LogP contribution in [0.2, 0.25) is 0 Å². The Labute approximate surface area is 137 Å². The quantitative estimate of drug-likeness (QED) is 0.900. The van der Waals surface area contributed by atoms with Gasteiger partial charge in [-0.05, 0) is 31.9 Å². The van der Waals surface area contributed by atoms with Crippen molar-refractivity contribution in [3.63, 3.8) is 0 Å². The van der Waals surface area contributed by atoms with E-state index in [4.69, 9.17) is 10.5 Å². The number of fused-ring (bicyclic) bond motifs is 1. The molecule has 3 rings (SSSR count). The number of amides is 1. The number of hydrogen-bond acceptors (Lipinski definition) is 4. The lowest BCUT2D eigenvalue weighted by Crippen LogP contribution is -2.50. The van der Waals surface area contributed by atoms with Gasteiger partial charge in [-0.2, -0.15) is 18.3 Å². The van der Waals surface area contributed by atoms with E-state index in [0.29, 0.717) is 32.8 Å². The smallest absolute Gasteiger partial charge is 0.367 e. The summed E-state index contributed by atoms with van der Waals surface area (Å²) in [7, 11) is 0. The first-order chi connectivity index (χ1) is 11.3. The van der Waals surface area contributed by atoms with Crippen LogP contribution >= 0.6 is 0 Å². The van der Waals surface area contributed by atoms with Crippen molar-refractivity contribution >= 4 is 5.91 Å². The summed E-state index contributed by atoms with van der Waals surface area (Å²) in [4.78, 5) is 13.3. The van der Waals surface area contributed by atoms with Crippen LogP contribution in [0.4, 0.5) is 13.2 Å². The summed E-state index contributed by atoms with van der Waals surface area (Å²) in [6.07, 6.45) is -3.22. The van der Waals surface area contributed by atoms with Gasteiger partial charge in [0.05, 0.1) is 24.4 Å². The van der Waals surface area contributed by atoms with Crippen LogP contribution in [0.25, 0.3) is 0 Å². The number of piperidine rings is 1. The van der Waals surface area contributed by atoms with Gasteiger partial charge in [0.25, 0.3) is 5.91 Å². The van der Waals surface area contributed by atoms with E-state index in [1.54, 1.807) is 10.7 Å². The second kappa shape index (κ2) is 6.36. The number of ether oxygens (including phenoxy) is 1. The molecular weight excluding hydrogens is 325 g/mol. The monoisotopic (exact) mass is 346 g/mol. The van der Waals surface area contributed by atoms with Gasteiger partial charge in [0.15, 0.2) is 0 Å². The number of likely N-dealkylation sites (tertiary alicyclic amines) is 1. The highest BCUT2D eigenvalue weighted by Crippen LogP contribution is 2.33. The molecule has 1 saturated heterocycles. The molecule has 134 valence electrons. The molecule has 0 radical (unpaired) electrons. The summed E-state index contributed by atoms with van der Waals surface area (Å²) < 4.78 is 44.4. The maximum Gasteiger partial charge on any atom is 0.389 e. The fourth-order valence-electron chi connectivity index (χ4n) is 3.36. The predicted octanol–water partition coefficient (Wildman–Crippen LogP) is 1.69. The average Bonchev–Trinajstić information content (AvgIpc) is 2.91. The number of carbonyl (C=O) groups is 1. The van der Waals surface area contributed by atoms with Gasteiger partial charge < -0.3 is 15.4 Å². The largest absolute Gasteiger partial charge is 0.389 e. The molecule has 1 aromatic rings. The van der Waals surface area contributed by atoms with Crippen molar-refractivity contribution < 1.29 is 22.7 Å². The van der Waals surface area contributed by atoms with Gasteiger partial charge in [-0.3, -0.25) is 9.48 Å².